The van der Waals surface area contributed by atoms with E-state index in [0.29, 0.717) is 11.7 Å². The van der Waals surface area contributed by atoms with Gasteiger partial charge in [0.15, 0.2) is 0 Å². The van der Waals surface area contributed by atoms with Crippen LogP contribution >= 0.6 is 0 Å². The van der Waals surface area contributed by atoms with Crippen LogP contribution in [0.4, 0.5) is 0 Å². The van der Waals surface area contributed by atoms with E-state index >= 15 is 0 Å². The first-order valence-corrected chi connectivity index (χ1v) is 3.98. The van der Waals surface area contributed by atoms with E-state index in [1.807, 2.05) is 6.08 Å². The van der Waals surface area contributed by atoms with E-state index in [9.17, 15) is 4.79 Å². The molecule has 0 spiro atoms. The van der Waals surface area contributed by atoms with Crippen molar-refractivity contribution in [1.82, 2.24) is 0 Å². The smallest absolute Gasteiger partial charge is 0.136 e. The lowest BCUT2D eigenvalue weighted by molar-refractivity contribution is -0.124. The maximum Gasteiger partial charge on any atom is 0.136 e. The van der Waals surface area contributed by atoms with E-state index in [1.165, 1.54) is 6.42 Å². The molecule has 0 radical (unpaired) electrons. The molecule has 0 aromatic rings. The van der Waals surface area contributed by atoms with Gasteiger partial charge in [-0.05, 0) is 19.3 Å². The van der Waals surface area contributed by atoms with Crippen LogP contribution in [0.25, 0.3) is 0 Å². The summed E-state index contributed by atoms with van der Waals surface area (Å²) in [6, 6.07) is 0. The first kappa shape index (κ1) is 7.52. The number of Topliss-reactive ketones (excluding diaryl/α,β-unsaturated/α-hetero) is 1. The molecule has 1 aliphatic carbocycles. The number of rotatable bonds is 2. The van der Waals surface area contributed by atoms with Gasteiger partial charge in [0.2, 0.25) is 0 Å². The number of ketones is 1. The third kappa shape index (κ3) is 1.69. The Hall–Kier alpha value is -0.590. The minimum atomic E-state index is 0.311. The first-order chi connectivity index (χ1) is 4.84. The fourth-order valence-corrected chi connectivity index (χ4v) is 1.51. The molecule has 0 aromatic heterocycles. The summed E-state index contributed by atoms with van der Waals surface area (Å²) in [4.78, 5) is 11.1. The Bertz CT molecular complexity index is 138. The van der Waals surface area contributed by atoms with Gasteiger partial charge in [-0.1, -0.05) is 12.5 Å². The Kier molecular flexibility index (Phi) is 2.67. The molecule has 0 N–H and O–H groups in total. The molecule has 1 rings (SSSR count). The van der Waals surface area contributed by atoms with Gasteiger partial charge in [0.1, 0.15) is 5.78 Å². The van der Waals surface area contributed by atoms with Crippen LogP contribution in [0.15, 0.2) is 12.7 Å². The zero-order valence-electron chi connectivity index (χ0n) is 6.31. The van der Waals surface area contributed by atoms with Crippen LogP contribution in [0.1, 0.15) is 32.1 Å². The Balaban J connectivity index is 2.39. The highest BCUT2D eigenvalue weighted by molar-refractivity contribution is 5.81. The molecule has 0 amide bonds. The zero-order valence-corrected chi connectivity index (χ0v) is 6.31. The highest BCUT2D eigenvalue weighted by atomic mass is 16.1. The molecule has 0 aromatic carbocycles. The second-order valence-corrected chi connectivity index (χ2v) is 2.93. The monoisotopic (exact) mass is 138 g/mol. The lowest BCUT2D eigenvalue weighted by atomic mass is 9.86. The van der Waals surface area contributed by atoms with E-state index < -0.39 is 0 Å². The van der Waals surface area contributed by atoms with Crippen LogP contribution in [0, 0.1) is 5.92 Å². The van der Waals surface area contributed by atoms with E-state index in [4.69, 9.17) is 0 Å². The molecule has 0 aliphatic heterocycles. The Labute approximate surface area is 62.1 Å². The third-order valence-corrected chi connectivity index (χ3v) is 2.13. The maximum atomic E-state index is 11.1. The van der Waals surface area contributed by atoms with Gasteiger partial charge >= 0.3 is 0 Å². The van der Waals surface area contributed by atoms with Gasteiger partial charge < -0.3 is 0 Å². The predicted molar refractivity (Wildman–Crippen MR) is 41.8 cm³/mol. The van der Waals surface area contributed by atoms with Crippen molar-refractivity contribution in [3.8, 4) is 0 Å². The van der Waals surface area contributed by atoms with Gasteiger partial charge in [-0.15, -0.1) is 6.58 Å². The Morgan fingerprint density at radius 3 is 3.00 bits per heavy atom. The number of hydrogen-bond acceptors (Lipinski definition) is 1. The van der Waals surface area contributed by atoms with E-state index in [-0.39, 0.29) is 0 Å². The molecule has 0 bridgehead atoms. The quantitative estimate of drug-likeness (QED) is 0.535. The molecule has 1 heteroatoms. The number of carbonyl (C=O) groups is 1. The summed E-state index contributed by atoms with van der Waals surface area (Å²) in [7, 11) is 0. The molecular weight excluding hydrogens is 124 g/mol. The van der Waals surface area contributed by atoms with Gasteiger partial charge in [-0.2, -0.15) is 0 Å². The Morgan fingerprint density at radius 1 is 1.60 bits per heavy atom. The highest BCUT2D eigenvalue weighted by Crippen LogP contribution is 2.23. The van der Waals surface area contributed by atoms with Gasteiger partial charge in [0.05, 0.1) is 0 Å². The summed E-state index contributed by atoms with van der Waals surface area (Å²) in [5.74, 6) is 0.761. The van der Waals surface area contributed by atoms with Crippen LogP contribution in [0.5, 0.6) is 0 Å². The summed E-state index contributed by atoms with van der Waals surface area (Å²) >= 11 is 0. The number of allylic oxidation sites excluding steroid dienone is 1. The van der Waals surface area contributed by atoms with Gasteiger partial charge in [0.25, 0.3) is 0 Å². The van der Waals surface area contributed by atoms with Crippen LogP contribution in [-0.4, -0.2) is 5.78 Å². The zero-order chi connectivity index (χ0) is 7.40. The van der Waals surface area contributed by atoms with Crippen molar-refractivity contribution in [2.75, 3.05) is 0 Å². The topological polar surface area (TPSA) is 17.1 Å². The van der Waals surface area contributed by atoms with Crippen LogP contribution in [0.3, 0.4) is 0 Å². The molecule has 1 nitrogen and oxygen atoms in total. The second-order valence-electron chi connectivity index (χ2n) is 2.93. The normalized spacial score (nSPS) is 26.4. The second kappa shape index (κ2) is 3.55. The molecule has 0 unspecified atom stereocenters. The molecular formula is C9H14O. The van der Waals surface area contributed by atoms with Crippen LogP contribution in [0.2, 0.25) is 0 Å². The minimum Gasteiger partial charge on any atom is -0.299 e. The van der Waals surface area contributed by atoms with Crippen molar-refractivity contribution in [2.45, 2.75) is 32.1 Å². The van der Waals surface area contributed by atoms with Crippen molar-refractivity contribution in [3.05, 3.63) is 12.7 Å². The van der Waals surface area contributed by atoms with Crippen LogP contribution in [-0.2, 0) is 4.79 Å². The lowest BCUT2D eigenvalue weighted by Crippen LogP contribution is -2.17. The molecule has 1 atom stereocenters. The Morgan fingerprint density at radius 2 is 2.40 bits per heavy atom. The van der Waals surface area contributed by atoms with Crippen molar-refractivity contribution in [1.29, 1.82) is 0 Å². The van der Waals surface area contributed by atoms with E-state index in [2.05, 4.69) is 6.58 Å². The summed E-state index contributed by atoms with van der Waals surface area (Å²) in [5.41, 5.74) is 0. The standard InChI is InChI=1S/C9H14O/c1-2-5-8-6-3-4-7-9(8)10/h2,8H,1,3-7H2/t8-/m0/s1. The SMILES string of the molecule is C=CC[C@H]1CCCCC1=O. The first-order valence-electron chi connectivity index (χ1n) is 3.98. The average Bonchev–Trinajstić information content (AvgIpc) is 1.94. The largest absolute Gasteiger partial charge is 0.299 e. The summed E-state index contributed by atoms with van der Waals surface area (Å²) in [5, 5.41) is 0. The molecule has 0 heterocycles. The summed E-state index contributed by atoms with van der Waals surface area (Å²) in [6.45, 7) is 3.64. The van der Waals surface area contributed by atoms with Crippen LogP contribution < -0.4 is 0 Å². The van der Waals surface area contributed by atoms with Crippen molar-refractivity contribution in [2.24, 2.45) is 5.92 Å². The van der Waals surface area contributed by atoms with E-state index in [1.54, 1.807) is 0 Å². The number of carbonyl (C=O) groups excluding carboxylic acids is 1. The maximum absolute atomic E-state index is 11.1. The fraction of sp³-hybridized carbons (Fsp3) is 0.667. The number of hydrogen-bond donors (Lipinski definition) is 0. The predicted octanol–water partition coefficient (Wildman–Crippen LogP) is 2.32. The molecule has 1 aliphatic rings. The van der Waals surface area contributed by atoms with Gasteiger partial charge in [-0.25, -0.2) is 0 Å². The van der Waals surface area contributed by atoms with Crippen molar-refractivity contribution in [3.63, 3.8) is 0 Å². The van der Waals surface area contributed by atoms with Gasteiger partial charge in [-0.3, -0.25) is 4.79 Å². The molecule has 10 heavy (non-hydrogen) atoms. The van der Waals surface area contributed by atoms with Crippen molar-refractivity contribution >= 4 is 5.78 Å². The lowest BCUT2D eigenvalue weighted by Gasteiger charge is -2.18. The minimum absolute atomic E-state index is 0.311. The van der Waals surface area contributed by atoms with E-state index in [0.717, 1.165) is 25.7 Å². The molecule has 56 valence electrons. The average molecular weight is 138 g/mol. The fourth-order valence-electron chi connectivity index (χ4n) is 1.51. The summed E-state index contributed by atoms with van der Waals surface area (Å²) < 4.78 is 0. The highest BCUT2D eigenvalue weighted by Gasteiger charge is 2.19. The molecule has 1 fully saturated rings. The van der Waals surface area contributed by atoms with Crippen molar-refractivity contribution < 1.29 is 4.79 Å². The third-order valence-electron chi connectivity index (χ3n) is 2.13. The summed E-state index contributed by atoms with van der Waals surface area (Å²) in [6.07, 6.45) is 6.97. The van der Waals surface area contributed by atoms with Gasteiger partial charge in [0, 0.05) is 12.3 Å². The molecule has 0 saturated heterocycles. The molecule has 1 saturated carbocycles.